The van der Waals surface area contributed by atoms with Crippen molar-refractivity contribution in [3.05, 3.63) is 53.6 Å². The van der Waals surface area contributed by atoms with E-state index in [0.717, 1.165) is 5.69 Å². The molecule has 1 aliphatic carbocycles. The molecule has 94 valence electrons. The number of hydrogen-bond donors (Lipinski definition) is 1. The van der Waals surface area contributed by atoms with Crippen LogP contribution in [0.3, 0.4) is 0 Å². The van der Waals surface area contributed by atoms with Gasteiger partial charge in [-0.15, -0.1) is 0 Å². The second-order valence-corrected chi connectivity index (χ2v) is 5.55. The molecule has 1 nitrogen and oxygen atoms in total. The lowest BCUT2D eigenvalue weighted by atomic mass is 9.86. The smallest absolute Gasteiger partial charge is 0.0320 e. The number of fused-ring (bicyclic) bond motifs is 5. The van der Waals surface area contributed by atoms with Gasteiger partial charge in [0.1, 0.15) is 0 Å². The van der Waals surface area contributed by atoms with Crippen LogP contribution in [0, 0.1) is 0 Å². The van der Waals surface area contributed by atoms with Gasteiger partial charge in [0.05, 0.1) is 0 Å². The fraction of sp³-hybridized carbons (Fsp3) is 0.222. The second-order valence-electron chi connectivity index (χ2n) is 5.55. The molecule has 0 aliphatic heterocycles. The van der Waals surface area contributed by atoms with Crippen molar-refractivity contribution >= 4 is 27.2 Å². The van der Waals surface area contributed by atoms with Crippen LogP contribution >= 0.6 is 0 Å². The van der Waals surface area contributed by atoms with Gasteiger partial charge in [-0.05, 0) is 70.5 Å². The molecule has 0 saturated carbocycles. The first-order valence-electron chi connectivity index (χ1n) is 7.06. The van der Waals surface area contributed by atoms with Crippen molar-refractivity contribution in [2.75, 3.05) is 5.73 Å². The van der Waals surface area contributed by atoms with Gasteiger partial charge in [-0.25, -0.2) is 0 Å². The predicted octanol–water partition coefficient (Wildman–Crippen LogP) is 4.45. The van der Waals surface area contributed by atoms with Crippen LogP contribution in [-0.4, -0.2) is 0 Å². The summed E-state index contributed by atoms with van der Waals surface area (Å²) in [6.45, 7) is 0. The Hall–Kier alpha value is -2.02. The number of benzene rings is 3. The maximum absolute atomic E-state index is 5.88. The zero-order valence-electron chi connectivity index (χ0n) is 10.9. The molecular weight excluding hydrogens is 230 g/mol. The largest absolute Gasteiger partial charge is 0.399 e. The molecule has 1 heteroatoms. The summed E-state index contributed by atoms with van der Waals surface area (Å²) in [5.74, 6) is 0. The van der Waals surface area contributed by atoms with Gasteiger partial charge in [0.2, 0.25) is 0 Å². The fourth-order valence-electron chi connectivity index (χ4n) is 3.42. The summed E-state index contributed by atoms with van der Waals surface area (Å²) in [6, 6.07) is 15.3. The van der Waals surface area contributed by atoms with Crippen LogP contribution in [0.2, 0.25) is 0 Å². The number of aryl methyl sites for hydroxylation is 2. The van der Waals surface area contributed by atoms with Crippen LogP contribution in [0.4, 0.5) is 5.69 Å². The van der Waals surface area contributed by atoms with Crippen molar-refractivity contribution in [3.63, 3.8) is 0 Å². The van der Waals surface area contributed by atoms with Gasteiger partial charge in [0.25, 0.3) is 0 Å². The van der Waals surface area contributed by atoms with Crippen LogP contribution in [0.15, 0.2) is 42.5 Å². The van der Waals surface area contributed by atoms with E-state index in [-0.39, 0.29) is 0 Å². The third-order valence-corrected chi connectivity index (χ3v) is 4.37. The van der Waals surface area contributed by atoms with E-state index < -0.39 is 0 Å². The summed E-state index contributed by atoms with van der Waals surface area (Å²) in [7, 11) is 0. The molecule has 0 atom stereocenters. The highest BCUT2D eigenvalue weighted by Crippen LogP contribution is 2.33. The molecule has 0 unspecified atom stereocenters. The Bertz CT molecular complexity index is 786. The van der Waals surface area contributed by atoms with Crippen molar-refractivity contribution in [3.8, 4) is 0 Å². The molecule has 3 aromatic carbocycles. The van der Waals surface area contributed by atoms with E-state index in [1.807, 2.05) is 6.07 Å². The maximum Gasteiger partial charge on any atom is 0.0320 e. The Morgan fingerprint density at radius 2 is 1.53 bits per heavy atom. The van der Waals surface area contributed by atoms with Crippen LogP contribution in [0.5, 0.6) is 0 Å². The van der Waals surface area contributed by atoms with Crippen molar-refractivity contribution in [1.29, 1.82) is 0 Å². The fourth-order valence-corrected chi connectivity index (χ4v) is 3.42. The molecule has 3 aromatic rings. The number of anilines is 1. The van der Waals surface area contributed by atoms with E-state index >= 15 is 0 Å². The van der Waals surface area contributed by atoms with Gasteiger partial charge in [-0.1, -0.05) is 30.3 Å². The quantitative estimate of drug-likeness (QED) is 0.461. The average Bonchev–Trinajstić information content (AvgIpc) is 2.46. The van der Waals surface area contributed by atoms with Crippen LogP contribution in [0.1, 0.15) is 24.0 Å². The van der Waals surface area contributed by atoms with E-state index in [0.29, 0.717) is 0 Å². The average molecular weight is 247 g/mol. The zero-order chi connectivity index (χ0) is 12.8. The van der Waals surface area contributed by atoms with E-state index in [1.54, 1.807) is 11.1 Å². The normalized spacial score (nSPS) is 14.7. The third kappa shape index (κ3) is 1.61. The monoisotopic (exact) mass is 247 g/mol. The summed E-state index contributed by atoms with van der Waals surface area (Å²) in [6.07, 6.45) is 5.13. The number of nitrogens with two attached hydrogens (primary N) is 1. The highest BCUT2D eigenvalue weighted by Gasteiger charge is 2.13. The minimum absolute atomic E-state index is 0.838. The first-order valence-corrected chi connectivity index (χ1v) is 7.06. The lowest BCUT2D eigenvalue weighted by Gasteiger charge is -2.18. The SMILES string of the molecule is Nc1ccc2c(ccc3c4c(ccc32)CCCC4)c1. The molecule has 1 aliphatic rings. The van der Waals surface area contributed by atoms with Gasteiger partial charge >= 0.3 is 0 Å². The van der Waals surface area contributed by atoms with Crippen molar-refractivity contribution in [2.45, 2.75) is 25.7 Å². The minimum atomic E-state index is 0.838. The molecule has 0 heterocycles. The predicted molar refractivity (Wildman–Crippen MR) is 82.5 cm³/mol. The standard InChI is InChI=1S/C18H17N/c19-14-7-10-16-13(11-14)6-9-17-15-4-2-1-3-12(15)5-8-18(16)17/h5-11H,1-4,19H2. The second kappa shape index (κ2) is 3.99. The van der Waals surface area contributed by atoms with Crippen LogP contribution in [-0.2, 0) is 12.8 Å². The summed E-state index contributed by atoms with van der Waals surface area (Å²) in [5, 5.41) is 5.37. The highest BCUT2D eigenvalue weighted by atomic mass is 14.5. The van der Waals surface area contributed by atoms with Gasteiger partial charge in [-0.3, -0.25) is 0 Å². The lowest BCUT2D eigenvalue weighted by molar-refractivity contribution is 0.690. The first-order chi connectivity index (χ1) is 9.33. The Balaban J connectivity index is 2.12. The Morgan fingerprint density at radius 3 is 2.47 bits per heavy atom. The molecule has 19 heavy (non-hydrogen) atoms. The highest BCUT2D eigenvalue weighted by molar-refractivity contribution is 6.09. The Morgan fingerprint density at radius 1 is 0.737 bits per heavy atom. The Labute approximate surface area is 113 Å². The molecule has 0 aromatic heterocycles. The molecule has 0 bridgehead atoms. The molecular formula is C18H17N. The maximum atomic E-state index is 5.88. The number of nitrogen functional groups attached to an aromatic ring is 1. The van der Waals surface area contributed by atoms with Crippen molar-refractivity contribution < 1.29 is 0 Å². The van der Waals surface area contributed by atoms with Crippen molar-refractivity contribution in [1.82, 2.24) is 0 Å². The molecule has 0 fully saturated rings. The molecule has 0 saturated heterocycles. The molecule has 2 N–H and O–H groups in total. The molecule has 0 radical (unpaired) electrons. The van der Waals surface area contributed by atoms with Gasteiger partial charge < -0.3 is 5.73 Å². The first kappa shape index (κ1) is 10.9. The van der Waals surface area contributed by atoms with E-state index in [2.05, 4.69) is 36.4 Å². The summed E-state index contributed by atoms with van der Waals surface area (Å²) in [5.41, 5.74) is 9.84. The summed E-state index contributed by atoms with van der Waals surface area (Å²) in [4.78, 5) is 0. The molecule has 4 rings (SSSR count). The lowest BCUT2D eigenvalue weighted by Crippen LogP contribution is -2.03. The molecule has 0 spiro atoms. The van der Waals surface area contributed by atoms with Crippen LogP contribution < -0.4 is 5.73 Å². The number of rotatable bonds is 0. The van der Waals surface area contributed by atoms with E-state index in [4.69, 9.17) is 5.73 Å². The van der Waals surface area contributed by atoms with Gasteiger partial charge in [0, 0.05) is 5.69 Å². The molecule has 0 amide bonds. The van der Waals surface area contributed by atoms with Crippen LogP contribution in [0.25, 0.3) is 21.5 Å². The summed E-state index contributed by atoms with van der Waals surface area (Å²) >= 11 is 0. The van der Waals surface area contributed by atoms with Crippen molar-refractivity contribution in [2.24, 2.45) is 0 Å². The zero-order valence-corrected chi connectivity index (χ0v) is 10.9. The van der Waals surface area contributed by atoms with Gasteiger partial charge in [0.15, 0.2) is 0 Å². The van der Waals surface area contributed by atoms with Gasteiger partial charge in [-0.2, -0.15) is 0 Å². The van der Waals surface area contributed by atoms with E-state index in [9.17, 15) is 0 Å². The number of hydrogen-bond acceptors (Lipinski definition) is 1. The minimum Gasteiger partial charge on any atom is -0.399 e. The third-order valence-electron chi connectivity index (χ3n) is 4.37. The Kier molecular flexibility index (Phi) is 2.28. The topological polar surface area (TPSA) is 26.0 Å². The summed E-state index contributed by atoms with van der Waals surface area (Å²) < 4.78 is 0. The van der Waals surface area contributed by atoms with E-state index in [1.165, 1.54) is 47.2 Å².